The molecule has 1 unspecified atom stereocenters. The van der Waals surface area contributed by atoms with E-state index in [0.29, 0.717) is 31.6 Å². The third-order valence-electron chi connectivity index (χ3n) is 4.43. The van der Waals surface area contributed by atoms with Gasteiger partial charge in [-0.05, 0) is 38.8 Å². The molecule has 7 heteroatoms. The lowest BCUT2D eigenvalue weighted by Gasteiger charge is -2.28. The van der Waals surface area contributed by atoms with Crippen molar-refractivity contribution in [1.29, 1.82) is 0 Å². The van der Waals surface area contributed by atoms with E-state index in [0.717, 1.165) is 6.42 Å². The molecule has 0 N–H and O–H groups in total. The van der Waals surface area contributed by atoms with Crippen LogP contribution in [-0.2, 0) is 9.59 Å². The summed E-state index contributed by atoms with van der Waals surface area (Å²) in [5, 5.41) is 11.0. The van der Waals surface area contributed by atoms with E-state index in [1.165, 1.54) is 18.2 Å². The molecule has 134 valence electrons. The molecule has 25 heavy (non-hydrogen) atoms. The minimum atomic E-state index is -0.479. The average Bonchev–Trinajstić information content (AvgIpc) is 3.10. The molecule has 1 aliphatic heterocycles. The van der Waals surface area contributed by atoms with Crippen LogP contribution in [0.4, 0.5) is 5.69 Å². The van der Waals surface area contributed by atoms with Crippen LogP contribution in [0, 0.1) is 10.1 Å². The van der Waals surface area contributed by atoms with Crippen LogP contribution in [0.2, 0.25) is 0 Å². The normalized spacial score (nSPS) is 17.0. The minimum Gasteiger partial charge on any atom is -0.341 e. The van der Waals surface area contributed by atoms with E-state index in [2.05, 4.69) is 0 Å². The first-order valence-corrected chi connectivity index (χ1v) is 8.50. The highest BCUT2D eigenvalue weighted by atomic mass is 16.6. The number of likely N-dealkylation sites (tertiary alicyclic amines) is 1. The van der Waals surface area contributed by atoms with E-state index in [4.69, 9.17) is 0 Å². The van der Waals surface area contributed by atoms with Gasteiger partial charge in [-0.1, -0.05) is 12.1 Å². The molecule has 1 heterocycles. The van der Waals surface area contributed by atoms with Gasteiger partial charge >= 0.3 is 0 Å². The highest BCUT2D eigenvalue weighted by Gasteiger charge is 2.34. The summed E-state index contributed by atoms with van der Waals surface area (Å²) in [5.74, 6) is -0.323. The van der Waals surface area contributed by atoms with Gasteiger partial charge in [-0.15, -0.1) is 0 Å². The molecule has 0 aromatic heterocycles. The molecule has 1 aromatic carbocycles. The number of rotatable bonds is 6. The average molecular weight is 345 g/mol. The summed E-state index contributed by atoms with van der Waals surface area (Å²) in [6, 6.07) is 5.80. The van der Waals surface area contributed by atoms with E-state index < -0.39 is 11.0 Å². The number of carbonyl (C=O) groups is 2. The molecule has 1 aliphatic rings. The zero-order valence-corrected chi connectivity index (χ0v) is 14.6. The number of nitro groups is 1. The topological polar surface area (TPSA) is 83.8 Å². The predicted molar refractivity (Wildman–Crippen MR) is 94.8 cm³/mol. The smallest absolute Gasteiger partial charge is 0.276 e. The Balaban J connectivity index is 2.14. The van der Waals surface area contributed by atoms with Gasteiger partial charge in [0.15, 0.2) is 0 Å². The van der Waals surface area contributed by atoms with Gasteiger partial charge in [-0.25, -0.2) is 0 Å². The van der Waals surface area contributed by atoms with E-state index in [1.807, 2.05) is 13.8 Å². The van der Waals surface area contributed by atoms with Crippen LogP contribution in [0.3, 0.4) is 0 Å². The minimum absolute atomic E-state index is 0.0325. The van der Waals surface area contributed by atoms with Crippen LogP contribution in [-0.4, -0.2) is 52.2 Å². The number of amides is 2. The molecular weight excluding hydrogens is 322 g/mol. The standard InChI is InChI=1S/C18H23N3O4/c1-3-19(4-2)18(23)16-10-7-13-20(16)17(22)12-11-14-8-5-6-9-15(14)21(24)25/h5-6,8-9,11-12,16H,3-4,7,10,13H2,1-2H3/b12-11+. The summed E-state index contributed by atoms with van der Waals surface area (Å²) in [6.45, 7) is 5.57. The van der Waals surface area contributed by atoms with E-state index >= 15 is 0 Å². The van der Waals surface area contributed by atoms with Gasteiger partial charge in [0.1, 0.15) is 6.04 Å². The van der Waals surface area contributed by atoms with E-state index in [9.17, 15) is 19.7 Å². The number of hydrogen-bond donors (Lipinski definition) is 0. The largest absolute Gasteiger partial charge is 0.341 e. The molecular formula is C18H23N3O4. The molecule has 1 fully saturated rings. The van der Waals surface area contributed by atoms with Gasteiger partial charge < -0.3 is 9.80 Å². The second-order valence-electron chi connectivity index (χ2n) is 5.85. The van der Waals surface area contributed by atoms with Crippen molar-refractivity contribution >= 4 is 23.6 Å². The maximum absolute atomic E-state index is 12.6. The molecule has 1 aromatic rings. The first-order chi connectivity index (χ1) is 12.0. The monoisotopic (exact) mass is 345 g/mol. The summed E-state index contributed by atoms with van der Waals surface area (Å²) in [5.41, 5.74) is 0.315. The first-order valence-electron chi connectivity index (χ1n) is 8.50. The molecule has 0 radical (unpaired) electrons. The molecule has 0 aliphatic carbocycles. The van der Waals surface area contributed by atoms with Gasteiger partial charge in [0.25, 0.3) is 5.69 Å². The van der Waals surface area contributed by atoms with Crippen LogP contribution in [0.1, 0.15) is 32.3 Å². The Morgan fingerprint density at radius 3 is 2.64 bits per heavy atom. The van der Waals surface area contributed by atoms with Crippen LogP contribution in [0.15, 0.2) is 30.3 Å². The van der Waals surface area contributed by atoms with Crippen molar-refractivity contribution < 1.29 is 14.5 Å². The molecule has 0 spiro atoms. The molecule has 2 amide bonds. The lowest BCUT2D eigenvalue weighted by atomic mass is 10.1. The summed E-state index contributed by atoms with van der Waals surface area (Å²) in [7, 11) is 0. The SMILES string of the molecule is CCN(CC)C(=O)C1CCCN1C(=O)/C=C/c1ccccc1[N+](=O)[O-]. The van der Waals surface area contributed by atoms with Crippen LogP contribution >= 0.6 is 0 Å². The van der Waals surface area contributed by atoms with Crippen molar-refractivity contribution in [1.82, 2.24) is 9.80 Å². The number of para-hydroxylation sites is 1. The van der Waals surface area contributed by atoms with Gasteiger partial charge in [0.2, 0.25) is 11.8 Å². The summed E-state index contributed by atoms with van der Waals surface area (Å²) < 4.78 is 0. The van der Waals surface area contributed by atoms with Crippen molar-refractivity contribution in [2.45, 2.75) is 32.7 Å². The highest BCUT2D eigenvalue weighted by Crippen LogP contribution is 2.22. The van der Waals surface area contributed by atoms with Gasteiger partial charge in [-0.3, -0.25) is 19.7 Å². The fourth-order valence-corrected chi connectivity index (χ4v) is 3.08. The molecule has 0 bridgehead atoms. The lowest BCUT2D eigenvalue weighted by Crippen LogP contribution is -2.47. The van der Waals surface area contributed by atoms with Crippen molar-refractivity contribution in [2.24, 2.45) is 0 Å². The molecule has 1 saturated heterocycles. The van der Waals surface area contributed by atoms with Crippen LogP contribution < -0.4 is 0 Å². The Bertz CT molecular complexity index is 683. The third-order valence-corrected chi connectivity index (χ3v) is 4.43. The quantitative estimate of drug-likeness (QED) is 0.450. The first kappa shape index (κ1) is 18.6. The second-order valence-corrected chi connectivity index (χ2v) is 5.85. The Morgan fingerprint density at radius 2 is 2.00 bits per heavy atom. The van der Waals surface area contributed by atoms with Gasteiger partial charge in [0, 0.05) is 31.8 Å². The van der Waals surface area contributed by atoms with Gasteiger partial charge in [-0.2, -0.15) is 0 Å². The van der Waals surface area contributed by atoms with E-state index in [1.54, 1.807) is 28.0 Å². The van der Waals surface area contributed by atoms with Crippen molar-refractivity contribution in [3.8, 4) is 0 Å². The summed E-state index contributed by atoms with van der Waals surface area (Å²) in [4.78, 5) is 38.9. The number of nitrogens with zero attached hydrogens (tertiary/aromatic N) is 3. The van der Waals surface area contributed by atoms with Crippen LogP contribution in [0.25, 0.3) is 6.08 Å². The van der Waals surface area contributed by atoms with Crippen molar-refractivity contribution in [3.63, 3.8) is 0 Å². The molecule has 1 atom stereocenters. The predicted octanol–water partition coefficient (Wildman–Crippen LogP) is 2.47. The summed E-state index contributed by atoms with van der Waals surface area (Å²) in [6.07, 6.45) is 4.19. The Hall–Kier alpha value is -2.70. The Morgan fingerprint density at radius 1 is 1.32 bits per heavy atom. The van der Waals surface area contributed by atoms with Crippen LogP contribution in [0.5, 0.6) is 0 Å². The molecule has 2 rings (SSSR count). The number of carbonyl (C=O) groups excluding carboxylic acids is 2. The lowest BCUT2D eigenvalue weighted by molar-refractivity contribution is -0.385. The third kappa shape index (κ3) is 4.23. The molecule has 0 saturated carbocycles. The van der Waals surface area contributed by atoms with Gasteiger partial charge in [0.05, 0.1) is 10.5 Å². The maximum Gasteiger partial charge on any atom is 0.276 e. The fraction of sp³-hybridized carbons (Fsp3) is 0.444. The zero-order valence-electron chi connectivity index (χ0n) is 14.6. The van der Waals surface area contributed by atoms with E-state index in [-0.39, 0.29) is 17.5 Å². The van der Waals surface area contributed by atoms with Crippen molar-refractivity contribution in [2.75, 3.05) is 19.6 Å². The maximum atomic E-state index is 12.6. The number of nitro benzene ring substituents is 1. The Kier molecular flexibility index (Phi) is 6.27. The highest BCUT2D eigenvalue weighted by molar-refractivity contribution is 5.96. The summed E-state index contributed by atoms with van der Waals surface area (Å²) >= 11 is 0. The second kappa shape index (κ2) is 8.41. The zero-order chi connectivity index (χ0) is 18.4. The molecule has 7 nitrogen and oxygen atoms in total. The van der Waals surface area contributed by atoms with Crippen molar-refractivity contribution in [3.05, 3.63) is 46.0 Å². The Labute approximate surface area is 147 Å². The number of hydrogen-bond acceptors (Lipinski definition) is 4. The number of benzene rings is 1. The fourth-order valence-electron chi connectivity index (χ4n) is 3.08. The number of likely N-dealkylation sites (N-methyl/N-ethyl adjacent to an activating group) is 1.